The maximum Gasteiger partial charge on any atom is 0.335 e. The molecule has 0 radical (unpaired) electrons. The average Bonchev–Trinajstić information content (AvgIpc) is 2.41. The Morgan fingerprint density at radius 3 is 2.79 bits per heavy atom. The first-order chi connectivity index (χ1) is 9.16. The van der Waals surface area contributed by atoms with E-state index < -0.39 is 5.97 Å². The number of hydrogen-bond donors (Lipinski definition) is 2. The van der Waals surface area contributed by atoms with Gasteiger partial charge in [0.15, 0.2) is 0 Å². The molecule has 0 aromatic heterocycles. The van der Waals surface area contributed by atoms with Crippen molar-refractivity contribution in [3.05, 3.63) is 29.3 Å². The molecule has 19 heavy (non-hydrogen) atoms. The van der Waals surface area contributed by atoms with Gasteiger partial charge >= 0.3 is 5.97 Å². The van der Waals surface area contributed by atoms with Crippen molar-refractivity contribution in [2.45, 2.75) is 6.92 Å². The van der Waals surface area contributed by atoms with Crippen LogP contribution in [0.15, 0.2) is 18.2 Å². The summed E-state index contributed by atoms with van der Waals surface area (Å²) < 4.78 is 5.30. The zero-order valence-electron chi connectivity index (χ0n) is 11.2. The molecule has 0 unspecified atom stereocenters. The van der Waals surface area contributed by atoms with E-state index >= 15 is 0 Å². The largest absolute Gasteiger partial charge is 0.478 e. The fourth-order valence-corrected chi connectivity index (χ4v) is 2.17. The number of ether oxygens (including phenoxy) is 1. The number of morpholine rings is 1. The van der Waals surface area contributed by atoms with Gasteiger partial charge in [0.1, 0.15) is 0 Å². The summed E-state index contributed by atoms with van der Waals surface area (Å²) in [7, 11) is 0. The van der Waals surface area contributed by atoms with Gasteiger partial charge in [-0.15, -0.1) is 0 Å². The number of anilines is 1. The Hall–Kier alpha value is -1.59. The van der Waals surface area contributed by atoms with Crippen LogP contribution >= 0.6 is 0 Å². The van der Waals surface area contributed by atoms with Gasteiger partial charge in [0.05, 0.1) is 18.8 Å². The molecule has 1 aliphatic heterocycles. The van der Waals surface area contributed by atoms with Crippen LogP contribution in [0.2, 0.25) is 0 Å². The molecule has 2 N–H and O–H groups in total. The van der Waals surface area contributed by atoms with E-state index in [1.54, 1.807) is 12.1 Å². The number of rotatable bonds is 5. The number of aromatic carboxylic acids is 1. The van der Waals surface area contributed by atoms with Crippen LogP contribution in [0.1, 0.15) is 15.9 Å². The maximum atomic E-state index is 10.8. The van der Waals surface area contributed by atoms with E-state index in [9.17, 15) is 4.79 Å². The molecule has 1 heterocycles. The molecule has 5 nitrogen and oxygen atoms in total. The van der Waals surface area contributed by atoms with Crippen LogP contribution in [-0.2, 0) is 4.74 Å². The smallest absolute Gasteiger partial charge is 0.335 e. The minimum atomic E-state index is -0.886. The second-order valence-electron chi connectivity index (χ2n) is 4.72. The second-order valence-corrected chi connectivity index (χ2v) is 4.72. The van der Waals surface area contributed by atoms with Crippen molar-refractivity contribution in [1.82, 2.24) is 4.90 Å². The van der Waals surface area contributed by atoms with Gasteiger partial charge in [-0.3, -0.25) is 4.90 Å². The average molecular weight is 264 g/mol. The first-order valence-corrected chi connectivity index (χ1v) is 6.55. The Labute approximate surface area is 113 Å². The highest BCUT2D eigenvalue weighted by molar-refractivity contribution is 5.88. The van der Waals surface area contributed by atoms with Crippen LogP contribution in [0.25, 0.3) is 0 Å². The molecule has 1 aliphatic rings. The van der Waals surface area contributed by atoms with Gasteiger partial charge in [0.25, 0.3) is 0 Å². The van der Waals surface area contributed by atoms with E-state index in [1.807, 2.05) is 13.0 Å². The molecule has 0 saturated carbocycles. The third-order valence-electron chi connectivity index (χ3n) is 3.32. The molecule has 0 aliphatic carbocycles. The fourth-order valence-electron chi connectivity index (χ4n) is 2.17. The number of benzene rings is 1. The molecule has 1 fully saturated rings. The van der Waals surface area contributed by atoms with Gasteiger partial charge < -0.3 is 15.2 Å². The normalized spacial score (nSPS) is 16.3. The van der Waals surface area contributed by atoms with Crippen LogP contribution in [-0.4, -0.2) is 55.4 Å². The van der Waals surface area contributed by atoms with Gasteiger partial charge in [-0.1, -0.05) is 0 Å². The van der Waals surface area contributed by atoms with Gasteiger partial charge in [-0.25, -0.2) is 4.79 Å². The van der Waals surface area contributed by atoms with Crippen LogP contribution in [0.3, 0.4) is 0 Å². The van der Waals surface area contributed by atoms with Crippen molar-refractivity contribution in [1.29, 1.82) is 0 Å². The topological polar surface area (TPSA) is 61.8 Å². The van der Waals surface area contributed by atoms with Crippen LogP contribution in [0.4, 0.5) is 5.69 Å². The van der Waals surface area contributed by atoms with Crippen molar-refractivity contribution in [3.63, 3.8) is 0 Å². The van der Waals surface area contributed by atoms with Crippen molar-refractivity contribution in [2.75, 3.05) is 44.7 Å². The minimum Gasteiger partial charge on any atom is -0.478 e. The highest BCUT2D eigenvalue weighted by Gasteiger charge is 2.10. The van der Waals surface area contributed by atoms with E-state index in [-0.39, 0.29) is 0 Å². The summed E-state index contributed by atoms with van der Waals surface area (Å²) in [5.41, 5.74) is 2.29. The van der Waals surface area contributed by atoms with Crippen LogP contribution < -0.4 is 5.32 Å². The third kappa shape index (κ3) is 3.94. The number of hydrogen-bond acceptors (Lipinski definition) is 4. The zero-order valence-corrected chi connectivity index (χ0v) is 11.2. The lowest BCUT2D eigenvalue weighted by atomic mass is 10.1. The SMILES string of the molecule is Cc1cc(C(=O)O)ccc1NCCN1CCOCC1. The maximum absolute atomic E-state index is 10.8. The Morgan fingerprint density at radius 2 is 2.16 bits per heavy atom. The van der Waals surface area contributed by atoms with E-state index in [4.69, 9.17) is 9.84 Å². The zero-order chi connectivity index (χ0) is 13.7. The van der Waals surface area contributed by atoms with Gasteiger partial charge in [-0.05, 0) is 30.7 Å². The molecule has 0 amide bonds. The predicted molar refractivity (Wildman–Crippen MR) is 73.9 cm³/mol. The first kappa shape index (κ1) is 13.8. The fraction of sp³-hybridized carbons (Fsp3) is 0.500. The van der Waals surface area contributed by atoms with Crippen molar-refractivity contribution in [2.24, 2.45) is 0 Å². The van der Waals surface area contributed by atoms with Crippen LogP contribution in [0.5, 0.6) is 0 Å². The standard InChI is InChI=1S/C14H20N2O3/c1-11-10-12(14(17)18)2-3-13(11)15-4-5-16-6-8-19-9-7-16/h2-3,10,15H,4-9H2,1H3,(H,17,18). The lowest BCUT2D eigenvalue weighted by Crippen LogP contribution is -2.39. The van der Waals surface area contributed by atoms with Crippen molar-refractivity contribution >= 4 is 11.7 Å². The molecule has 0 bridgehead atoms. The molecular formula is C14H20N2O3. The molecule has 0 atom stereocenters. The summed E-state index contributed by atoms with van der Waals surface area (Å²) in [5.74, 6) is -0.886. The molecular weight excluding hydrogens is 244 g/mol. The molecule has 1 aromatic rings. The van der Waals surface area contributed by atoms with Gasteiger partial charge in [0.2, 0.25) is 0 Å². The second kappa shape index (κ2) is 6.54. The summed E-state index contributed by atoms with van der Waals surface area (Å²) in [4.78, 5) is 13.2. The Bertz CT molecular complexity index is 442. The molecule has 0 spiro atoms. The molecule has 2 rings (SSSR count). The molecule has 1 saturated heterocycles. The molecule has 5 heteroatoms. The summed E-state index contributed by atoms with van der Waals surface area (Å²) in [6.45, 7) is 7.34. The highest BCUT2D eigenvalue weighted by Crippen LogP contribution is 2.16. The molecule has 104 valence electrons. The van der Waals surface area contributed by atoms with Crippen LogP contribution in [0, 0.1) is 6.92 Å². The number of carboxylic acids is 1. The number of carboxylic acid groups (broad SMARTS) is 1. The number of aryl methyl sites for hydroxylation is 1. The summed E-state index contributed by atoms with van der Waals surface area (Å²) in [6, 6.07) is 5.16. The van der Waals surface area contributed by atoms with E-state index in [2.05, 4.69) is 10.2 Å². The Balaban J connectivity index is 1.83. The quantitative estimate of drug-likeness (QED) is 0.842. The summed E-state index contributed by atoms with van der Waals surface area (Å²) in [5, 5.41) is 12.3. The highest BCUT2D eigenvalue weighted by atomic mass is 16.5. The van der Waals surface area contributed by atoms with E-state index in [0.717, 1.165) is 50.6 Å². The molecule has 1 aromatic carbocycles. The third-order valence-corrected chi connectivity index (χ3v) is 3.32. The monoisotopic (exact) mass is 264 g/mol. The summed E-state index contributed by atoms with van der Waals surface area (Å²) >= 11 is 0. The first-order valence-electron chi connectivity index (χ1n) is 6.55. The van der Waals surface area contributed by atoms with Gasteiger partial charge in [-0.2, -0.15) is 0 Å². The van der Waals surface area contributed by atoms with E-state index in [1.165, 1.54) is 0 Å². The number of nitrogens with one attached hydrogen (secondary N) is 1. The lowest BCUT2D eigenvalue weighted by Gasteiger charge is -2.26. The lowest BCUT2D eigenvalue weighted by molar-refractivity contribution is 0.0398. The van der Waals surface area contributed by atoms with E-state index in [0.29, 0.717) is 5.56 Å². The summed E-state index contributed by atoms with van der Waals surface area (Å²) in [6.07, 6.45) is 0. The van der Waals surface area contributed by atoms with Crippen molar-refractivity contribution < 1.29 is 14.6 Å². The minimum absolute atomic E-state index is 0.330. The predicted octanol–water partition coefficient (Wildman–Crippen LogP) is 1.44. The number of carbonyl (C=O) groups is 1. The Morgan fingerprint density at radius 1 is 1.42 bits per heavy atom. The van der Waals surface area contributed by atoms with Crippen molar-refractivity contribution in [3.8, 4) is 0 Å². The Kier molecular flexibility index (Phi) is 4.76. The number of nitrogens with zero attached hydrogens (tertiary/aromatic N) is 1. The van der Waals surface area contributed by atoms with Gasteiger partial charge in [0, 0.05) is 31.9 Å².